The van der Waals surface area contributed by atoms with Crippen LogP contribution >= 0.6 is 0 Å². The summed E-state index contributed by atoms with van der Waals surface area (Å²) in [5, 5.41) is 2.94. The number of nitrogens with one attached hydrogen (secondary N) is 2. The summed E-state index contributed by atoms with van der Waals surface area (Å²) in [6, 6.07) is 14.5. The van der Waals surface area contributed by atoms with E-state index in [1.807, 2.05) is 30.3 Å². The van der Waals surface area contributed by atoms with Gasteiger partial charge in [-0.25, -0.2) is 13.1 Å². The van der Waals surface area contributed by atoms with Gasteiger partial charge in [-0.2, -0.15) is 0 Å². The highest BCUT2D eigenvalue weighted by Crippen LogP contribution is 2.22. The van der Waals surface area contributed by atoms with Gasteiger partial charge < -0.3 is 5.32 Å². The van der Waals surface area contributed by atoms with Crippen molar-refractivity contribution in [3.63, 3.8) is 0 Å². The minimum Gasteiger partial charge on any atom is -0.351 e. The van der Waals surface area contributed by atoms with Gasteiger partial charge in [0.15, 0.2) is 0 Å². The average Bonchev–Trinajstić information content (AvgIpc) is 2.60. The molecular weight excluding hydrogens is 348 g/mol. The highest BCUT2D eigenvalue weighted by atomic mass is 32.2. The molecule has 0 spiro atoms. The lowest BCUT2D eigenvalue weighted by molar-refractivity contribution is 0.0945. The molecule has 0 aliphatic rings. The summed E-state index contributed by atoms with van der Waals surface area (Å²) in [6.07, 6.45) is 0. The Morgan fingerprint density at radius 1 is 1.08 bits per heavy atom. The minimum atomic E-state index is -3.60. The maximum Gasteiger partial charge on any atom is 0.251 e. The van der Waals surface area contributed by atoms with Gasteiger partial charge >= 0.3 is 0 Å². The number of hydrogen-bond donors (Lipinski definition) is 2. The van der Waals surface area contributed by atoms with Gasteiger partial charge in [0, 0.05) is 24.1 Å². The molecule has 0 unspecified atom stereocenters. The number of sulfonamides is 1. The van der Waals surface area contributed by atoms with Crippen molar-refractivity contribution >= 4 is 15.9 Å². The van der Waals surface area contributed by atoms with E-state index in [0.717, 1.165) is 11.1 Å². The molecule has 0 radical (unpaired) electrons. The van der Waals surface area contributed by atoms with Gasteiger partial charge in [0.1, 0.15) is 0 Å². The van der Waals surface area contributed by atoms with Crippen molar-refractivity contribution in [1.29, 1.82) is 0 Å². The molecule has 2 rings (SSSR count). The highest BCUT2D eigenvalue weighted by Gasteiger charge is 2.23. The third kappa shape index (κ3) is 4.71. The number of benzene rings is 2. The lowest BCUT2D eigenvalue weighted by atomic mass is 9.84. The molecule has 26 heavy (non-hydrogen) atoms. The summed E-state index contributed by atoms with van der Waals surface area (Å²) in [4.78, 5) is 12.7. The molecule has 2 aromatic carbocycles. The maximum atomic E-state index is 12.7. The van der Waals surface area contributed by atoms with Crippen LogP contribution in [0.4, 0.5) is 0 Å². The Bertz CT molecular complexity index is 875. The van der Waals surface area contributed by atoms with Crippen molar-refractivity contribution in [3.05, 3.63) is 65.2 Å². The van der Waals surface area contributed by atoms with E-state index >= 15 is 0 Å². The lowest BCUT2D eigenvalue weighted by Gasteiger charge is -2.26. The van der Waals surface area contributed by atoms with Gasteiger partial charge in [0.2, 0.25) is 10.0 Å². The number of hydrogen-bond acceptors (Lipinski definition) is 3. The maximum absolute atomic E-state index is 12.7. The van der Waals surface area contributed by atoms with Crippen LogP contribution in [0, 0.1) is 6.92 Å². The standard InChI is InChI=1S/C20H26N2O3S/c1-5-22-26(24,25)17-12-11-15(2)18(13-17)19(23)21-14-20(3,4)16-9-7-6-8-10-16/h6-13,22H,5,14H2,1-4H3,(H,21,23). The van der Waals surface area contributed by atoms with Crippen LogP contribution in [-0.2, 0) is 15.4 Å². The van der Waals surface area contributed by atoms with Crippen molar-refractivity contribution in [1.82, 2.24) is 10.0 Å². The van der Waals surface area contributed by atoms with E-state index in [-0.39, 0.29) is 16.2 Å². The fourth-order valence-electron chi connectivity index (χ4n) is 2.67. The summed E-state index contributed by atoms with van der Waals surface area (Å²) in [7, 11) is -3.60. The van der Waals surface area contributed by atoms with Crippen molar-refractivity contribution in [2.24, 2.45) is 0 Å². The zero-order valence-electron chi connectivity index (χ0n) is 15.7. The van der Waals surface area contributed by atoms with Gasteiger partial charge in [0.25, 0.3) is 5.91 Å². The molecule has 0 aromatic heterocycles. The SMILES string of the molecule is CCNS(=O)(=O)c1ccc(C)c(C(=O)NCC(C)(C)c2ccccc2)c1. The van der Waals surface area contributed by atoms with Gasteiger partial charge in [-0.05, 0) is 30.2 Å². The molecule has 1 amide bonds. The van der Waals surface area contributed by atoms with E-state index in [1.54, 1.807) is 19.9 Å². The van der Waals surface area contributed by atoms with Crippen LogP contribution in [0.3, 0.4) is 0 Å². The lowest BCUT2D eigenvalue weighted by Crippen LogP contribution is -2.37. The smallest absolute Gasteiger partial charge is 0.251 e. The Morgan fingerprint density at radius 2 is 1.73 bits per heavy atom. The molecule has 0 heterocycles. The van der Waals surface area contributed by atoms with Crippen molar-refractivity contribution < 1.29 is 13.2 Å². The average molecular weight is 375 g/mol. The van der Waals surface area contributed by atoms with Gasteiger partial charge in [-0.3, -0.25) is 4.79 Å². The van der Waals surface area contributed by atoms with Crippen molar-refractivity contribution in [3.8, 4) is 0 Å². The summed E-state index contributed by atoms with van der Waals surface area (Å²) < 4.78 is 26.8. The number of aryl methyl sites for hydroxylation is 1. The zero-order valence-corrected chi connectivity index (χ0v) is 16.5. The fourth-order valence-corrected chi connectivity index (χ4v) is 3.74. The normalized spacial score (nSPS) is 12.0. The number of rotatable bonds is 7. The molecular formula is C20H26N2O3S. The molecule has 0 aliphatic heterocycles. The van der Waals surface area contributed by atoms with E-state index in [9.17, 15) is 13.2 Å². The minimum absolute atomic E-state index is 0.0948. The zero-order chi connectivity index (χ0) is 19.4. The third-order valence-electron chi connectivity index (χ3n) is 4.34. The monoisotopic (exact) mass is 374 g/mol. The number of carbonyl (C=O) groups is 1. The van der Waals surface area contributed by atoms with Crippen LogP contribution in [0.2, 0.25) is 0 Å². The van der Waals surface area contributed by atoms with Crippen molar-refractivity contribution in [2.75, 3.05) is 13.1 Å². The predicted octanol–water partition coefficient (Wildman–Crippen LogP) is 3.00. The van der Waals surface area contributed by atoms with E-state index in [0.29, 0.717) is 18.7 Å². The molecule has 0 atom stereocenters. The molecule has 0 fully saturated rings. The summed E-state index contributed by atoms with van der Waals surface area (Å²) in [5.74, 6) is -0.278. The molecule has 2 aromatic rings. The second-order valence-corrected chi connectivity index (χ2v) is 8.68. The van der Waals surface area contributed by atoms with Gasteiger partial charge in [-0.1, -0.05) is 57.2 Å². The van der Waals surface area contributed by atoms with E-state index in [4.69, 9.17) is 0 Å². The highest BCUT2D eigenvalue weighted by molar-refractivity contribution is 7.89. The molecule has 5 nitrogen and oxygen atoms in total. The Balaban J connectivity index is 2.19. The molecule has 0 saturated heterocycles. The van der Waals surface area contributed by atoms with Crippen LogP contribution in [-0.4, -0.2) is 27.4 Å². The molecule has 0 aliphatic carbocycles. The second kappa shape index (κ2) is 8.01. The first-order valence-electron chi connectivity index (χ1n) is 8.61. The Hall–Kier alpha value is -2.18. The summed E-state index contributed by atoms with van der Waals surface area (Å²) in [5.41, 5.74) is 1.99. The number of carbonyl (C=O) groups excluding carboxylic acids is 1. The molecule has 0 saturated carbocycles. The van der Waals surface area contributed by atoms with Crippen LogP contribution in [0.25, 0.3) is 0 Å². The van der Waals surface area contributed by atoms with E-state index < -0.39 is 10.0 Å². The summed E-state index contributed by atoms with van der Waals surface area (Å²) >= 11 is 0. The van der Waals surface area contributed by atoms with Gasteiger partial charge in [-0.15, -0.1) is 0 Å². The van der Waals surface area contributed by atoms with Crippen molar-refractivity contribution in [2.45, 2.75) is 38.0 Å². The van der Waals surface area contributed by atoms with Crippen LogP contribution in [0.5, 0.6) is 0 Å². The first-order chi connectivity index (χ1) is 12.2. The first-order valence-corrected chi connectivity index (χ1v) is 10.1. The van der Waals surface area contributed by atoms with Crippen LogP contribution < -0.4 is 10.0 Å². The Labute approximate surface area is 155 Å². The first kappa shape index (κ1) is 20.1. The topological polar surface area (TPSA) is 75.3 Å². The fraction of sp³-hybridized carbons (Fsp3) is 0.350. The Kier molecular flexibility index (Phi) is 6.21. The van der Waals surface area contributed by atoms with Gasteiger partial charge in [0.05, 0.1) is 4.90 Å². The quantitative estimate of drug-likeness (QED) is 0.782. The second-order valence-electron chi connectivity index (χ2n) is 6.91. The molecule has 140 valence electrons. The van der Waals surface area contributed by atoms with Crippen LogP contribution in [0.15, 0.2) is 53.4 Å². The Morgan fingerprint density at radius 3 is 2.35 bits per heavy atom. The molecule has 0 bridgehead atoms. The van der Waals surface area contributed by atoms with E-state index in [1.165, 1.54) is 12.1 Å². The predicted molar refractivity (Wildman–Crippen MR) is 104 cm³/mol. The largest absolute Gasteiger partial charge is 0.351 e. The molecule has 6 heteroatoms. The summed E-state index contributed by atoms with van der Waals surface area (Å²) in [6.45, 7) is 8.36. The van der Waals surface area contributed by atoms with Crippen LogP contribution in [0.1, 0.15) is 42.3 Å². The third-order valence-corrected chi connectivity index (χ3v) is 5.89. The van der Waals surface area contributed by atoms with E-state index in [2.05, 4.69) is 23.9 Å². The number of amides is 1. The molecule has 2 N–H and O–H groups in total.